The number of hydrogen-bond donors (Lipinski definition) is 0. The summed E-state index contributed by atoms with van der Waals surface area (Å²) in [5.41, 5.74) is 0. The molecule has 0 aromatic rings. The largest absolute Gasteiger partial charge is 0.756 e. The van der Waals surface area contributed by atoms with Crippen molar-refractivity contribution in [1.82, 2.24) is 0 Å². The Bertz CT molecular complexity index is 728. The number of phosphoric ester groups is 1. The number of hydrogen-bond acceptors (Lipinski definition) is 7. The van der Waals surface area contributed by atoms with Crippen LogP contribution in [-0.4, -0.2) is 78.0 Å². The standard InChI is InChI=1S/C30H64NO7PS/c1-6-8-10-12-14-16-17-19-21-23-27-40(34,35)29-30(36-25-22-20-18-15-13-11-9-7-2)28-38-39(32,33)37-26-24-31(3,4)5/h30H,6-29H2,1-5H3. The molecule has 0 rings (SSSR count). The fraction of sp³-hybridized carbons (Fsp3) is 1.00. The molecule has 242 valence electrons. The van der Waals surface area contributed by atoms with Crippen LogP contribution in [0.5, 0.6) is 0 Å². The lowest BCUT2D eigenvalue weighted by Gasteiger charge is -2.28. The fourth-order valence-electron chi connectivity index (χ4n) is 4.44. The number of unbranched alkanes of at least 4 members (excludes halogenated alkanes) is 16. The molecule has 40 heavy (non-hydrogen) atoms. The summed E-state index contributed by atoms with van der Waals surface area (Å²) in [6, 6.07) is 0. The smallest absolute Gasteiger partial charge is 0.268 e. The van der Waals surface area contributed by atoms with E-state index in [0.29, 0.717) is 24.1 Å². The SMILES string of the molecule is CCCCCCCCCCCCS(=O)(=O)CC(COP(=O)([O-])OCC[N+](C)(C)C)OCCCCCCCCCC. The molecule has 0 spiro atoms. The van der Waals surface area contributed by atoms with Crippen molar-refractivity contribution in [2.45, 2.75) is 136 Å². The van der Waals surface area contributed by atoms with Crippen LogP contribution >= 0.6 is 7.82 Å². The van der Waals surface area contributed by atoms with E-state index in [9.17, 15) is 17.9 Å². The van der Waals surface area contributed by atoms with Crippen LogP contribution in [-0.2, 0) is 28.2 Å². The Kier molecular flexibility index (Phi) is 24.4. The molecule has 0 bridgehead atoms. The zero-order chi connectivity index (χ0) is 30.2. The number of likely N-dealkylation sites (N-methyl/N-ethyl adjacent to an activating group) is 1. The lowest BCUT2D eigenvalue weighted by Crippen LogP contribution is -2.37. The molecule has 0 amide bonds. The second kappa shape index (κ2) is 24.4. The summed E-state index contributed by atoms with van der Waals surface area (Å²) in [6.45, 7) is 4.98. The molecule has 0 N–H and O–H groups in total. The van der Waals surface area contributed by atoms with Crippen molar-refractivity contribution in [3.63, 3.8) is 0 Å². The topological polar surface area (TPSA) is 102 Å². The van der Waals surface area contributed by atoms with Crippen LogP contribution in [0, 0.1) is 0 Å². The molecule has 0 fully saturated rings. The molecular formula is C30H64NO7PS. The van der Waals surface area contributed by atoms with Crippen molar-refractivity contribution in [3.8, 4) is 0 Å². The van der Waals surface area contributed by atoms with E-state index < -0.39 is 23.8 Å². The van der Waals surface area contributed by atoms with E-state index in [1.165, 1.54) is 70.6 Å². The molecule has 0 heterocycles. The molecule has 0 aliphatic carbocycles. The van der Waals surface area contributed by atoms with E-state index in [0.717, 1.165) is 38.5 Å². The molecule has 0 aliphatic heterocycles. The van der Waals surface area contributed by atoms with Crippen LogP contribution in [0.3, 0.4) is 0 Å². The zero-order valence-corrected chi connectivity index (χ0v) is 28.4. The predicted octanol–water partition coefficient (Wildman–Crippen LogP) is 7.06. The van der Waals surface area contributed by atoms with Crippen LogP contribution in [0.2, 0.25) is 0 Å². The molecule has 2 atom stereocenters. The van der Waals surface area contributed by atoms with Gasteiger partial charge in [0.1, 0.15) is 13.2 Å². The van der Waals surface area contributed by atoms with E-state index in [1.54, 1.807) is 0 Å². The van der Waals surface area contributed by atoms with Gasteiger partial charge >= 0.3 is 0 Å². The number of nitrogens with zero attached hydrogens (tertiary/aromatic N) is 1. The van der Waals surface area contributed by atoms with E-state index in [1.807, 2.05) is 21.1 Å². The van der Waals surface area contributed by atoms with E-state index in [4.69, 9.17) is 13.8 Å². The van der Waals surface area contributed by atoms with Gasteiger partial charge in [-0.25, -0.2) is 8.42 Å². The van der Waals surface area contributed by atoms with Gasteiger partial charge in [-0.15, -0.1) is 0 Å². The van der Waals surface area contributed by atoms with Crippen LogP contribution in [0.25, 0.3) is 0 Å². The molecule has 0 saturated heterocycles. The normalized spacial score (nSPS) is 14.8. The highest BCUT2D eigenvalue weighted by molar-refractivity contribution is 7.91. The third-order valence-electron chi connectivity index (χ3n) is 7.03. The van der Waals surface area contributed by atoms with Gasteiger partial charge in [-0.2, -0.15) is 0 Å². The molecule has 0 aromatic carbocycles. The zero-order valence-electron chi connectivity index (χ0n) is 26.7. The molecule has 0 radical (unpaired) electrons. The maximum Gasteiger partial charge on any atom is 0.268 e. The maximum atomic E-state index is 12.8. The molecule has 10 heteroatoms. The van der Waals surface area contributed by atoms with Crippen LogP contribution in [0.4, 0.5) is 0 Å². The minimum Gasteiger partial charge on any atom is -0.756 e. The highest BCUT2D eigenvalue weighted by Gasteiger charge is 2.23. The molecular weight excluding hydrogens is 549 g/mol. The third-order valence-corrected chi connectivity index (χ3v) is 9.78. The van der Waals surface area contributed by atoms with Crippen molar-refractivity contribution in [2.75, 3.05) is 59.0 Å². The Labute approximate surface area is 248 Å². The Balaban J connectivity index is 4.55. The highest BCUT2D eigenvalue weighted by atomic mass is 32.2. The van der Waals surface area contributed by atoms with E-state index in [-0.39, 0.29) is 24.7 Å². The Morgan fingerprint density at radius 3 is 1.60 bits per heavy atom. The molecule has 8 nitrogen and oxygen atoms in total. The Morgan fingerprint density at radius 2 is 1.12 bits per heavy atom. The predicted molar refractivity (Wildman–Crippen MR) is 165 cm³/mol. The van der Waals surface area contributed by atoms with Gasteiger partial charge in [0.25, 0.3) is 7.82 Å². The van der Waals surface area contributed by atoms with Crippen LogP contribution in [0.15, 0.2) is 0 Å². The summed E-state index contributed by atoms with van der Waals surface area (Å²) in [6.07, 6.45) is 19.7. The lowest BCUT2D eigenvalue weighted by atomic mass is 10.1. The summed E-state index contributed by atoms with van der Waals surface area (Å²) in [7, 11) is -2.12. The first-order valence-electron chi connectivity index (χ1n) is 16.1. The van der Waals surface area contributed by atoms with Gasteiger partial charge < -0.3 is 23.2 Å². The first-order valence-corrected chi connectivity index (χ1v) is 19.4. The van der Waals surface area contributed by atoms with Gasteiger partial charge in [0, 0.05) is 6.61 Å². The number of quaternary nitrogens is 1. The average molecular weight is 614 g/mol. The third kappa shape index (κ3) is 28.1. The molecule has 0 saturated carbocycles. The van der Waals surface area contributed by atoms with Crippen LogP contribution in [0.1, 0.15) is 129 Å². The monoisotopic (exact) mass is 613 g/mol. The number of phosphoric acid groups is 1. The minimum absolute atomic E-state index is 0.00506. The number of ether oxygens (including phenoxy) is 1. The Hall–Kier alpha value is -0.0200. The van der Waals surface area contributed by atoms with Crippen molar-refractivity contribution < 1.29 is 36.1 Å². The first kappa shape index (κ1) is 40.0. The summed E-state index contributed by atoms with van der Waals surface area (Å²) in [5, 5.41) is 0. The highest BCUT2D eigenvalue weighted by Crippen LogP contribution is 2.38. The lowest BCUT2D eigenvalue weighted by molar-refractivity contribution is -0.870. The number of sulfone groups is 1. The minimum atomic E-state index is -4.54. The summed E-state index contributed by atoms with van der Waals surface area (Å²) < 4.78 is 54.4. The Morgan fingerprint density at radius 1 is 0.675 bits per heavy atom. The van der Waals surface area contributed by atoms with E-state index in [2.05, 4.69) is 13.8 Å². The van der Waals surface area contributed by atoms with Crippen LogP contribution < -0.4 is 4.89 Å². The average Bonchev–Trinajstić information content (AvgIpc) is 2.86. The van der Waals surface area contributed by atoms with Gasteiger partial charge in [-0.05, 0) is 12.8 Å². The van der Waals surface area contributed by atoms with E-state index >= 15 is 0 Å². The molecule has 2 unspecified atom stereocenters. The van der Waals surface area contributed by atoms with Gasteiger partial charge in [0.15, 0.2) is 9.84 Å². The second-order valence-corrected chi connectivity index (χ2v) is 16.0. The summed E-state index contributed by atoms with van der Waals surface area (Å²) >= 11 is 0. The van der Waals surface area contributed by atoms with Gasteiger partial charge in [-0.3, -0.25) is 4.57 Å². The summed E-state index contributed by atoms with van der Waals surface area (Å²) in [5.74, 6) is -0.142. The molecule has 0 aliphatic rings. The maximum absolute atomic E-state index is 12.8. The van der Waals surface area contributed by atoms with Crippen molar-refractivity contribution in [3.05, 3.63) is 0 Å². The second-order valence-electron chi connectivity index (χ2n) is 12.4. The molecule has 0 aromatic heterocycles. The van der Waals surface area contributed by atoms with Gasteiger partial charge in [0.05, 0.1) is 45.4 Å². The summed E-state index contributed by atoms with van der Waals surface area (Å²) in [4.78, 5) is 12.3. The van der Waals surface area contributed by atoms with Crippen molar-refractivity contribution in [2.24, 2.45) is 0 Å². The quantitative estimate of drug-likeness (QED) is 0.0486. The van der Waals surface area contributed by atoms with Gasteiger partial charge in [0.2, 0.25) is 0 Å². The number of rotatable bonds is 30. The fourth-order valence-corrected chi connectivity index (χ4v) is 6.74. The van der Waals surface area contributed by atoms with Crippen molar-refractivity contribution >= 4 is 17.7 Å². The van der Waals surface area contributed by atoms with Gasteiger partial charge in [-0.1, -0.05) is 117 Å². The van der Waals surface area contributed by atoms with Crippen molar-refractivity contribution in [1.29, 1.82) is 0 Å². The first-order chi connectivity index (χ1) is 18.9.